The predicted octanol–water partition coefficient (Wildman–Crippen LogP) is 3.13. The van der Waals surface area contributed by atoms with E-state index in [9.17, 15) is 0 Å². The van der Waals surface area contributed by atoms with Gasteiger partial charge in [0.05, 0.1) is 11.7 Å². The fourth-order valence-electron chi connectivity index (χ4n) is 1.86. The Kier molecular flexibility index (Phi) is 2.81. The van der Waals surface area contributed by atoms with Gasteiger partial charge in [-0.1, -0.05) is 23.7 Å². The third-order valence-electron chi connectivity index (χ3n) is 2.72. The third-order valence-corrected chi connectivity index (χ3v) is 3.79. The average Bonchev–Trinajstić information content (AvgIpc) is 2.90. The van der Waals surface area contributed by atoms with Crippen LogP contribution in [0.5, 0.6) is 0 Å². The molecular formula is C12H11ClN4S. The van der Waals surface area contributed by atoms with E-state index in [0.29, 0.717) is 0 Å². The predicted molar refractivity (Wildman–Crippen MR) is 73.9 cm³/mol. The van der Waals surface area contributed by atoms with Crippen molar-refractivity contribution in [2.24, 2.45) is 5.73 Å². The molecule has 0 aliphatic carbocycles. The zero-order valence-corrected chi connectivity index (χ0v) is 11.2. The van der Waals surface area contributed by atoms with Crippen LogP contribution in [0.2, 0.25) is 5.02 Å². The van der Waals surface area contributed by atoms with Gasteiger partial charge in [-0.3, -0.25) is 4.40 Å². The minimum Gasteiger partial charge on any atom is -0.322 e. The van der Waals surface area contributed by atoms with Gasteiger partial charge in [0.25, 0.3) is 0 Å². The lowest BCUT2D eigenvalue weighted by molar-refractivity contribution is 0.729. The van der Waals surface area contributed by atoms with Gasteiger partial charge in [-0.15, -0.1) is 21.5 Å². The molecule has 0 radical (unpaired) electrons. The maximum atomic E-state index is 5.91. The van der Waals surface area contributed by atoms with E-state index >= 15 is 0 Å². The number of rotatable bonds is 2. The lowest BCUT2D eigenvalue weighted by Crippen LogP contribution is -2.10. The van der Waals surface area contributed by atoms with Gasteiger partial charge in [-0.25, -0.2) is 0 Å². The molecule has 0 aliphatic rings. The van der Waals surface area contributed by atoms with E-state index in [1.165, 1.54) is 0 Å². The van der Waals surface area contributed by atoms with Gasteiger partial charge in [-0.2, -0.15) is 0 Å². The zero-order valence-electron chi connectivity index (χ0n) is 9.67. The van der Waals surface area contributed by atoms with Crippen LogP contribution in [0, 0.1) is 0 Å². The Bertz CT molecular complexity index is 684. The van der Waals surface area contributed by atoms with Gasteiger partial charge in [0, 0.05) is 10.4 Å². The fourth-order valence-corrected chi connectivity index (χ4v) is 2.83. The molecule has 2 aromatic heterocycles. The van der Waals surface area contributed by atoms with E-state index in [4.69, 9.17) is 17.3 Å². The first kappa shape index (κ1) is 11.6. The summed E-state index contributed by atoms with van der Waals surface area (Å²) >= 11 is 7.46. The quantitative estimate of drug-likeness (QED) is 0.783. The summed E-state index contributed by atoms with van der Waals surface area (Å²) in [6.07, 6.45) is 0. The Morgan fingerprint density at radius 3 is 2.67 bits per heavy atom. The van der Waals surface area contributed by atoms with E-state index < -0.39 is 0 Å². The van der Waals surface area contributed by atoms with E-state index in [1.807, 2.05) is 35.6 Å². The third kappa shape index (κ3) is 1.80. The molecule has 0 saturated heterocycles. The van der Waals surface area contributed by atoms with Gasteiger partial charge in [0.1, 0.15) is 0 Å². The van der Waals surface area contributed by atoms with E-state index in [1.54, 1.807) is 11.3 Å². The number of hydrogen-bond acceptors (Lipinski definition) is 4. The number of fused-ring (bicyclic) bond motifs is 1. The van der Waals surface area contributed by atoms with Crippen molar-refractivity contribution in [3.05, 3.63) is 40.5 Å². The summed E-state index contributed by atoms with van der Waals surface area (Å²) in [6.45, 7) is 1.90. The molecule has 1 aromatic carbocycles. The van der Waals surface area contributed by atoms with Gasteiger partial charge < -0.3 is 5.73 Å². The normalized spacial score (nSPS) is 13.1. The fraction of sp³-hybridized carbons (Fsp3) is 0.167. The first-order valence-electron chi connectivity index (χ1n) is 5.51. The Morgan fingerprint density at radius 1 is 1.28 bits per heavy atom. The summed E-state index contributed by atoms with van der Waals surface area (Å²) in [7, 11) is 0. The van der Waals surface area contributed by atoms with Crippen molar-refractivity contribution in [2.75, 3.05) is 0 Å². The van der Waals surface area contributed by atoms with Gasteiger partial charge in [-0.05, 0) is 24.6 Å². The number of benzene rings is 1. The topological polar surface area (TPSA) is 56.2 Å². The molecule has 0 amide bonds. The molecule has 6 heteroatoms. The van der Waals surface area contributed by atoms with Crippen LogP contribution < -0.4 is 5.73 Å². The first-order valence-corrected chi connectivity index (χ1v) is 6.76. The second-order valence-electron chi connectivity index (χ2n) is 4.09. The minimum absolute atomic E-state index is 0.152. The lowest BCUT2D eigenvalue weighted by atomic mass is 10.2. The molecule has 0 spiro atoms. The molecule has 0 saturated carbocycles. The van der Waals surface area contributed by atoms with E-state index in [2.05, 4.69) is 15.6 Å². The highest BCUT2D eigenvalue weighted by Crippen LogP contribution is 2.28. The van der Waals surface area contributed by atoms with Crippen molar-refractivity contribution < 1.29 is 0 Å². The van der Waals surface area contributed by atoms with Crippen molar-refractivity contribution >= 4 is 27.9 Å². The van der Waals surface area contributed by atoms with Crippen molar-refractivity contribution in [1.82, 2.24) is 14.6 Å². The molecular weight excluding hydrogens is 268 g/mol. The highest BCUT2D eigenvalue weighted by Gasteiger charge is 2.15. The van der Waals surface area contributed by atoms with E-state index in [0.717, 1.165) is 27.1 Å². The maximum Gasteiger partial charge on any atom is 0.216 e. The molecule has 3 aromatic rings. The largest absolute Gasteiger partial charge is 0.322 e. The average molecular weight is 279 g/mol. The molecule has 1 unspecified atom stereocenters. The number of aromatic nitrogens is 3. The SMILES string of the molecule is CC(N)c1nnc2scc(-c3ccc(Cl)cc3)n12. The summed E-state index contributed by atoms with van der Waals surface area (Å²) in [5.74, 6) is 0.774. The maximum absolute atomic E-state index is 5.91. The molecule has 92 valence electrons. The summed E-state index contributed by atoms with van der Waals surface area (Å²) in [5.41, 5.74) is 8.04. The second-order valence-corrected chi connectivity index (χ2v) is 5.37. The molecule has 4 nitrogen and oxygen atoms in total. The zero-order chi connectivity index (χ0) is 12.7. The van der Waals surface area contributed by atoms with Crippen molar-refractivity contribution in [2.45, 2.75) is 13.0 Å². The van der Waals surface area contributed by atoms with E-state index in [-0.39, 0.29) is 6.04 Å². The van der Waals surface area contributed by atoms with Gasteiger partial charge in [0.2, 0.25) is 4.96 Å². The van der Waals surface area contributed by atoms with Crippen LogP contribution in [0.15, 0.2) is 29.6 Å². The summed E-state index contributed by atoms with van der Waals surface area (Å²) in [5, 5.41) is 11.0. The van der Waals surface area contributed by atoms with Gasteiger partial charge in [0.15, 0.2) is 5.82 Å². The number of nitrogens with zero attached hydrogens (tertiary/aromatic N) is 3. The molecule has 1 atom stereocenters. The van der Waals surface area contributed by atoms with Crippen LogP contribution in [-0.2, 0) is 0 Å². The Labute approximate surface area is 113 Å². The number of nitrogens with two attached hydrogens (primary N) is 1. The smallest absolute Gasteiger partial charge is 0.216 e. The highest BCUT2D eigenvalue weighted by atomic mass is 35.5. The van der Waals surface area contributed by atoms with Crippen LogP contribution in [-0.4, -0.2) is 14.6 Å². The Balaban J connectivity index is 2.22. The molecule has 0 aliphatic heterocycles. The standard InChI is InChI=1S/C12H11ClN4S/c1-7(14)11-15-16-12-17(11)10(6-18-12)8-2-4-9(13)5-3-8/h2-7H,14H2,1H3. The molecule has 18 heavy (non-hydrogen) atoms. The van der Waals surface area contributed by atoms with Gasteiger partial charge >= 0.3 is 0 Å². The van der Waals surface area contributed by atoms with Crippen LogP contribution in [0.25, 0.3) is 16.2 Å². The summed E-state index contributed by atoms with van der Waals surface area (Å²) in [6, 6.07) is 7.55. The number of hydrogen-bond donors (Lipinski definition) is 1. The molecule has 3 rings (SSSR count). The number of thiazole rings is 1. The molecule has 2 heterocycles. The molecule has 0 fully saturated rings. The highest BCUT2D eigenvalue weighted by molar-refractivity contribution is 7.15. The summed E-state index contributed by atoms with van der Waals surface area (Å²) < 4.78 is 2.00. The monoisotopic (exact) mass is 278 g/mol. The minimum atomic E-state index is -0.152. The van der Waals surface area contributed by atoms with Crippen molar-refractivity contribution in [1.29, 1.82) is 0 Å². The Morgan fingerprint density at radius 2 is 2.00 bits per heavy atom. The van der Waals surface area contributed by atoms with Crippen LogP contribution in [0.4, 0.5) is 0 Å². The lowest BCUT2D eigenvalue weighted by Gasteiger charge is -2.05. The van der Waals surface area contributed by atoms with Crippen molar-refractivity contribution in [3.63, 3.8) is 0 Å². The van der Waals surface area contributed by atoms with Crippen LogP contribution in [0.1, 0.15) is 18.8 Å². The van der Waals surface area contributed by atoms with Crippen molar-refractivity contribution in [3.8, 4) is 11.3 Å². The second kappa shape index (κ2) is 4.35. The molecule has 0 bridgehead atoms. The molecule has 2 N–H and O–H groups in total. The summed E-state index contributed by atoms with van der Waals surface area (Å²) in [4.78, 5) is 0.854. The Hall–Kier alpha value is -1.43. The van der Waals surface area contributed by atoms with Crippen LogP contribution in [0.3, 0.4) is 0 Å². The first-order chi connectivity index (χ1) is 8.66. The number of halogens is 1. The van der Waals surface area contributed by atoms with Crippen LogP contribution >= 0.6 is 22.9 Å².